The standard InChI is InChI=1S/C23H34N4O6/c1-14-19(25-20(29)15(2)26(6)22(31)33-23(3,4)5)21(30)24-16-10-8-9-11-17(16)27(14)18(28)12-13-32-7/h8-11,14-15,19H,12-13H2,1-7H3,(H,24,30)(H,25,29)/t14-,15-,19-/m0/s1. The highest BCUT2D eigenvalue weighted by molar-refractivity contribution is 6.07. The number of para-hydroxylation sites is 2. The number of methoxy groups -OCH3 is 1. The molecule has 0 spiro atoms. The summed E-state index contributed by atoms with van der Waals surface area (Å²) >= 11 is 0. The normalized spacial score (nSPS) is 19.0. The average Bonchev–Trinajstić information content (AvgIpc) is 2.84. The molecule has 33 heavy (non-hydrogen) atoms. The predicted molar refractivity (Wildman–Crippen MR) is 124 cm³/mol. The van der Waals surface area contributed by atoms with Crippen LogP contribution in [-0.4, -0.2) is 73.2 Å². The van der Waals surface area contributed by atoms with Crippen molar-refractivity contribution in [1.82, 2.24) is 10.2 Å². The van der Waals surface area contributed by atoms with Gasteiger partial charge in [0.05, 0.1) is 30.4 Å². The van der Waals surface area contributed by atoms with Crippen molar-refractivity contribution in [1.29, 1.82) is 0 Å². The van der Waals surface area contributed by atoms with Gasteiger partial charge in [-0.3, -0.25) is 19.3 Å². The summed E-state index contributed by atoms with van der Waals surface area (Å²) in [5.41, 5.74) is 0.289. The number of benzene rings is 1. The van der Waals surface area contributed by atoms with Crippen molar-refractivity contribution in [2.75, 3.05) is 31.0 Å². The number of rotatable bonds is 6. The molecule has 0 unspecified atom stereocenters. The lowest BCUT2D eigenvalue weighted by molar-refractivity contribution is -0.130. The topological polar surface area (TPSA) is 117 Å². The van der Waals surface area contributed by atoms with Crippen molar-refractivity contribution < 1.29 is 28.7 Å². The molecular weight excluding hydrogens is 428 g/mol. The van der Waals surface area contributed by atoms with Crippen LogP contribution in [0.15, 0.2) is 24.3 Å². The van der Waals surface area contributed by atoms with E-state index in [-0.39, 0.29) is 18.9 Å². The second-order valence-electron chi connectivity index (χ2n) is 9.01. The molecule has 182 valence electrons. The first-order valence-corrected chi connectivity index (χ1v) is 10.8. The fourth-order valence-electron chi connectivity index (χ4n) is 3.39. The molecule has 3 atom stereocenters. The summed E-state index contributed by atoms with van der Waals surface area (Å²) in [6.45, 7) is 8.64. The van der Waals surface area contributed by atoms with Gasteiger partial charge in [-0.05, 0) is 46.8 Å². The maximum atomic E-state index is 13.0. The molecule has 1 aliphatic rings. The van der Waals surface area contributed by atoms with Crippen LogP contribution < -0.4 is 15.5 Å². The molecule has 0 aromatic heterocycles. The molecule has 10 nitrogen and oxygen atoms in total. The van der Waals surface area contributed by atoms with Crippen molar-refractivity contribution in [2.24, 2.45) is 0 Å². The van der Waals surface area contributed by atoms with Gasteiger partial charge in [-0.2, -0.15) is 0 Å². The average molecular weight is 463 g/mol. The van der Waals surface area contributed by atoms with Crippen LogP contribution >= 0.6 is 0 Å². The van der Waals surface area contributed by atoms with Crippen LogP contribution in [0, 0.1) is 0 Å². The Labute approximate surface area is 194 Å². The Morgan fingerprint density at radius 1 is 1.24 bits per heavy atom. The zero-order valence-corrected chi connectivity index (χ0v) is 20.3. The summed E-state index contributed by atoms with van der Waals surface area (Å²) in [6.07, 6.45) is -0.547. The van der Waals surface area contributed by atoms with E-state index in [2.05, 4.69) is 10.6 Å². The quantitative estimate of drug-likeness (QED) is 0.669. The first-order valence-electron chi connectivity index (χ1n) is 10.8. The third-order valence-corrected chi connectivity index (χ3v) is 5.32. The van der Waals surface area contributed by atoms with Crippen molar-refractivity contribution in [2.45, 2.75) is 64.8 Å². The molecule has 0 bridgehead atoms. The molecule has 1 aliphatic heterocycles. The van der Waals surface area contributed by atoms with Crippen LogP contribution in [0.1, 0.15) is 41.0 Å². The third kappa shape index (κ3) is 6.44. The van der Waals surface area contributed by atoms with Gasteiger partial charge in [-0.25, -0.2) is 4.79 Å². The summed E-state index contributed by atoms with van der Waals surface area (Å²) in [7, 11) is 2.95. The Kier molecular flexibility index (Phi) is 8.43. The van der Waals surface area contributed by atoms with Gasteiger partial charge < -0.3 is 25.0 Å². The molecule has 1 heterocycles. The maximum absolute atomic E-state index is 13.0. The Hall–Kier alpha value is -3.14. The molecular formula is C23H34N4O6. The van der Waals surface area contributed by atoms with E-state index < -0.39 is 41.6 Å². The van der Waals surface area contributed by atoms with Gasteiger partial charge in [0, 0.05) is 14.2 Å². The number of carbonyl (C=O) groups excluding carboxylic acids is 4. The minimum atomic E-state index is -1.05. The van der Waals surface area contributed by atoms with Gasteiger partial charge in [0.1, 0.15) is 17.7 Å². The highest BCUT2D eigenvalue weighted by atomic mass is 16.6. The molecule has 0 saturated heterocycles. The summed E-state index contributed by atoms with van der Waals surface area (Å²) in [6, 6.07) is 4.29. The van der Waals surface area contributed by atoms with Crippen LogP contribution in [0.3, 0.4) is 0 Å². The van der Waals surface area contributed by atoms with Crippen LogP contribution in [0.4, 0.5) is 16.2 Å². The number of nitrogens with zero attached hydrogens (tertiary/aromatic N) is 2. The summed E-state index contributed by atoms with van der Waals surface area (Å²) < 4.78 is 10.4. The number of carbonyl (C=O) groups is 4. The number of likely N-dealkylation sites (N-methyl/N-ethyl adjacent to an activating group) is 1. The molecule has 2 rings (SSSR count). The van der Waals surface area contributed by atoms with E-state index in [0.29, 0.717) is 11.4 Å². The number of hydrogen-bond donors (Lipinski definition) is 2. The largest absolute Gasteiger partial charge is 0.444 e. The molecule has 0 saturated carbocycles. The van der Waals surface area contributed by atoms with Crippen LogP contribution in [0.25, 0.3) is 0 Å². The molecule has 1 aromatic rings. The first-order chi connectivity index (χ1) is 15.4. The lowest BCUT2D eigenvalue weighted by atomic mass is 10.1. The van der Waals surface area contributed by atoms with Gasteiger partial charge >= 0.3 is 6.09 Å². The zero-order chi connectivity index (χ0) is 24.9. The summed E-state index contributed by atoms with van der Waals surface area (Å²) in [4.78, 5) is 54.0. The van der Waals surface area contributed by atoms with Crippen molar-refractivity contribution in [3.8, 4) is 0 Å². The summed E-state index contributed by atoms with van der Waals surface area (Å²) in [5, 5.41) is 5.49. The van der Waals surface area contributed by atoms with E-state index in [1.54, 1.807) is 52.0 Å². The van der Waals surface area contributed by atoms with Crippen molar-refractivity contribution in [3.05, 3.63) is 24.3 Å². The van der Waals surface area contributed by atoms with E-state index in [4.69, 9.17) is 9.47 Å². The molecule has 0 aliphatic carbocycles. The number of ether oxygens (including phenoxy) is 2. The number of hydrogen-bond acceptors (Lipinski definition) is 6. The second kappa shape index (κ2) is 10.7. The highest BCUT2D eigenvalue weighted by Gasteiger charge is 2.39. The van der Waals surface area contributed by atoms with Crippen molar-refractivity contribution in [3.63, 3.8) is 0 Å². The van der Waals surface area contributed by atoms with E-state index in [0.717, 1.165) is 4.90 Å². The minimum Gasteiger partial charge on any atom is -0.444 e. The SMILES string of the molecule is COCCC(=O)N1c2ccccc2NC(=O)[C@@H](NC(=O)[C@H](C)N(C)C(=O)OC(C)(C)C)[C@@H]1C. The Balaban J connectivity index is 2.27. The lowest BCUT2D eigenvalue weighted by Gasteiger charge is -2.33. The Morgan fingerprint density at radius 2 is 1.88 bits per heavy atom. The number of amides is 4. The van der Waals surface area contributed by atoms with Crippen LogP contribution in [-0.2, 0) is 23.9 Å². The summed E-state index contributed by atoms with van der Waals surface area (Å²) in [5.74, 6) is -1.26. The van der Waals surface area contributed by atoms with Gasteiger partial charge in [-0.15, -0.1) is 0 Å². The molecule has 0 fully saturated rings. The molecule has 2 N–H and O–H groups in total. The third-order valence-electron chi connectivity index (χ3n) is 5.32. The second-order valence-corrected chi connectivity index (χ2v) is 9.01. The minimum absolute atomic E-state index is 0.113. The van der Waals surface area contributed by atoms with Crippen LogP contribution in [0.5, 0.6) is 0 Å². The van der Waals surface area contributed by atoms with E-state index in [9.17, 15) is 19.2 Å². The van der Waals surface area contributed by atoms with Gasteiger partial charge in [0.15, 0.2) is 0 Å². The zero-order valence-electron chi connectivity index (χ0n) is 20.3. The number of anilines is 2. The molecule has 0 radical (unpaired) electrons. The maximum Gasteiger partial charge on any atom is 0.410 e. The van der Waals surface area contributed by atoms with E-state index >= 15 is 0 Å². The fourth-order valence-corrected chi connectivity index (χ4v) is 3.39. The Bertz CT molecular complexity index is 897. The molecule has 10 heteroatoms. The number of nitrogens with one attached hydrogen (secondary N) is 2. The fraction of sp³-hybridized carbons (Fsp3) is 0.565. The highest BCUT2D eigenvalue weighted by Crippen LogP contribution is 2.32. The first kappa shape index (κ1) is 26.1. The smallest absolute Gasteiger partial charge is 0.410 e. The van der Waals surface area contributed by atoms with Crippen molar-refractivity contribution >= 4 is 35.2 Å². The molecule has 4 amide bonds. The lowest BCUT2D eigenvalue weighted by Crippen LogP contribution is -2.59. The monoisotopic (exact) mass is 462 g/mol. The van der Waals surface area contributed by atoms with Gasteiger partial charge in [0.25, 0.3) is 0 Å². The van der Waals surface area contributed by atoms with Gasteiger partial charge in [0.2, 0.25) is 17.7 Å². The molecule has 1 aromatic carbocycles. The predicted octanol–water partition coefficient (Wildman–Crippen LogP) is 2.14. The number of fused-ring (bicyclic) bond motifs is 1. The van der Waals surface area contributed by atoms with E-state index in [1.807, 2.05) is 0 Å². The van der Waals surface area contributed by atoms with Crippen LogP contribution in [0.2, 0.25) is 0 Å². The van der Waals surface area contributed by atoms with E-state index in [1.165, 1.54) is 26.0 Å². The Morgan fingerprint density at radius 3 is 2.48 bits per heavy atom. The van der Waals surface area contributed by atoms with Gasteiger partial charge in [-0.1, -0.05) is 12.1 Å².